The third-order valence-corrected chi connectivity index (χ3v) is 4.66. The second-order valence-electron chi connectivity index (χ2n) is 3.76. The van der Waals surface area contributed by atoms with Gasteiger partial charge in [-0.25, -0.2) is 0 Å². The summed E-state index contributed by atoms with van der Waals surface area (Å²) in [5.41, 5.74) is 0.354. The van der Waals surface area contributed by atoms with Gasteiger partial charge in [0, 0.05) is 19.8 Å². The Balaban J connectivity index is 2.95. The van der Waals surface area contributed by atoms with Gasteiger partial charge in [-0.2, -0.15) is 0 Å². The van der Waals surface area contributed by atoms with E-state index < -0.39 is 25.1 Å². The topological polar surface area (TPSA) is 81.7 Å². The Bertz CT molecular complexity index is 494. The van der Waals surface area contributed by atoms with E-state index in [4.69, 9.17) is 9.05 Å². The molecular weight excluding hydrogens is 269 g/mol. The second-order valence-corrected chi connectivity index (χ2v) is 6.08. The van der Waals surface area contributed by atoms with Gasteiger partial charge in [0.25, 0.3) is 5.91 Å². The smallest absolute Gasteiger partial charge is 0.332 e. The van der Waals surface area contributed by atoms with Crippen molar-refractivity contribution in [1.29, 1.82) is 0 Å². The van der Waals surface area contributed by atoms with Crippen LogP contribution in [0, 0.1) is 0 Å². The largest absolute Gasteiger partial charge is 0.359 e. The number of benzene rings is 1. The Morgan fingerprint density at radius 2 is 1.68 bits per heavy atom. The maximum Gasteiger partial charge on any atom is 0.359 e. The number of ketones is 1. The zero-order valence-corrected chi connectivity index (χ0v) is 11.8. The van der Waals surface area contributed by atoms with Crippen LogP contribution >= 0.6 is 7.60 Å². The van der Waals surface area contributed by atoms with Crippen LogP contribution in [0.25, 0.3) is 0 Å². The molecule has 6 nitrogen and oxygen atoms in total. The average molecular weight is 285 g/mol. The van der Waals surface area contributed by atoms with E-state index in [1.165, 1.54) is 6.92 Å². The van der Waals surface area contributed by atoms with Crippen molar-refractivity contribution in [1.82, 2.24) is 5.32 Å². The van der Waals surface area contributed by atoms with E-state index in [2.05, 4.69) is 5.32 Å². The van der Waals surface area contributed by atoms with Gasteiger partial charge in [-0.05, 0) is 19.1 Å². The summed E-state index contributed by atoms with van der Waals surface area (Å²) in [4.78, 5) is 23.5. The van der Waals surface area contributed by atoms with E-state index in [9.17, 15) is 14.2 Å². The Hall–Kier alpha value is -1.49. The molecule has 0 heterocycles. The lowest BCUT2D eigenvalue weighted by Crippen LogP contribution is -2.40. The van der Waals surface area contributed by atoms with Crippen molar-refractivity contribution in [2.45, 2.75) is 12.7 Å². The monoisotopic (exact) mass is 285 g/mol. The van der Waals surface area contributed by atoms with Gasteiger partial charge in [-0.3, -0.25) is 14.2 Å². The van der Waals surface area contributed by atoms with Crippen LogP contribution in [0.15, 0.2) is 30.3 Å². The van der Waals surface area contributed by atoms with Gasteiger partial charge in [0.2, 0.25) is 0 Å². The Kier molecular flexibility index (Phi) is 5.42. The average Bonchev–Trinajstić information content (AvgIpc) is 2.44. The first kappa shape index (κ1) is 15.6. The Morgan fingerprint density at radius 1 is 1.16 bits per heavy atom. The standard InChI is InChI=1S/C12H16NO5P/c1-9(14)12(19(16,17-2)18-3)13-11(15)10-7-5-4-6-8-10/h4-8,12H,1-3H3,(H,13,15). The molecule has 0 aliphatic heterocycles. The van der Waals surface area contributed by atoms with E-state index in [0.717, 1.165) is 14.2 Å². The molecule has 0 aliphatic carbocycles. The fourth-order valence-electron chi connectivity index (χ4n) is 1.49. The van der Waals surface area contributed by atoms with Gasteiger partial charge >= 0.3 is 7.60 Å². The molecule has 1 atom stereocenters. The molecule has 0 aromatic heterocycles. The maximum absolute atomic E-state index is 12.2. The fraction of sp³-hybridized carbons (Fsp3) is 0.333. The number of rotatable bonds is 6. The van der Waals surface area contributed by atoms with Gasteiger partial charge in [0.15, 0.2) is 11.6 Å². The first-order valence-electron chi connectivity index (χ1n) is 5.52. The number of carbonyl (C=O) groups is 2. The molecule has 0 bridgehead atoms. The summed E-state index contributed by atoms with van der Waals surface area (Å²) in [6.45, 7) is 1.21. The summed E-state index contributed by atoms with van der Waals surface area (Å²) in [5, 5.41) is 2.37. The van der Waals surface area contributed by atoms with Crippen LogP contribution in [-0.4, -0.2) is 31.7 Å². The molecule has 104 valence electrons. The predicted molar refractivity (Wildman–Crippen MR) is 70.0 cm³/mol. The zero-order valence-electron chi connectivity index (χ0n) is 11.0. The highest BCUT2D eigenvalue weighted by atomic mass is 31.2. The molecule has 0 aliphatic rings. The van der Waals surface area contributed by atoms with Crippen LogP contribution in [0.1, 0.15) is 17.3 Å². The van der Waals surface area contributed by atoms with Crippen LogP contribution in [0.4, 0.5) is 0 Å². The molecule has 0 saturated heterocycles. The van der Waals surface area contributed by atoms with Gasteiger partial charge in [-0.15, -0.1) is 0 Å². The van der Waals surface area contributed by atoms with Crippen LogP contribution in [0.5, 0.6) is 0 Å². The summed E-state index contributed by atoms with van der Waals surface area (Å²) >= 11 is 0. The van der Waals surface area contributed by atoms with Crippen LogP contribution in [-0.2, 0) is 18.4 Å². The number of amides is 1. The Labute approximate surface area is 111 Å². The fourth-order valence-corrected chi connectivity index (χ4v) is 2.78. The molecule has 0 fully saturated rings. The van der Waals surface area contributed by atoms with Crippen molar-refractivity contribution in [2.24, 2.45) is 0 Å². The number of carbonyl (C=O) groups excluding carboxylic acids is 2. The van der Waals surface area contributed by atoms with Gasteiger partial charge < -0.3 is 14.4 Å². The highest BCUT2D eigenvalue weighted by molar-refractivity contribution is 7.55. The number of Topliss-reactive ketones (excluding diaryl/α,β-unsaturated/α-hetero) is 1. The van der Waals surface area contributed by atoms with E-state index in [1.54, 1.807) is 30.3 Å². The van der Waals surface area contributed by atoms with Crippen molar-refractivity contribution >= 4 is 19.3 Å². The third kappa shape index (κ3) is 3.73. The summed E-state index contributed by atoms with van der Waals surface area (Å²) in [6, 6.07) is 8.29. The van der Waals surface area contributed by atoms with E-state index in [-0.39, 0.29) is 0 Å². The lowest BCUT2D eigenvalue weighted by molar-refractivity contribution is -0.117. The summed E-state index contributed by atoms with van der Waals surface area (Å²) in [6.07, 6.45) is 0. The SMILES string of the molecule is COP(=O)(OC)C(NC(=O)c1ccccc1)C(C)=O. The molecule has 0 radical (unpaired) electrons. The predicted octanol–water partition coefficient (Wildman–Crippen LogP) is 1.82. The third-order valence-electron chi connectivity index (χ3n) is 2.51. The molecule has 1 rings (SSSR count). The molecule has 1 amide bonds. The van der Waals surface area contributed by atoms with Crippen molar-refractivity contribution in [3.63, 3.8) is 0 Å². The first-order chi connectivity index (χ1) is 8.94. The van der Waals surface area contributed by atoms with Crippen LogP contribution < -0.4 is 5.32 Å². The number of hydrogen-bond acceptors (Lipinski definition) is 5. The van der Waals surface area contributed by atoms with Crippen LogP contribution in [0.3, 0.4) is 0 Å². The van der Waals surface area contributed by atoms with Gasteiger partial charge in [-0.1, -0.05) is 18.2 Å². The molecule has 1 N–H and O–H groups in total. The molecule has 1 unspecified atom stereocenters. The van der Waals surface area contributed by atoms with Gasteiger partial charge in [0.05, 0.1) is 0 Å². The lowest BCUT2D eigenvalue weighted by atomic mass is 10.2. The van der Waals surface area contributed by atoms with Gasteiger partial charge in [0.1, 0.15) is 0 Å². The molecule has 1 aromatic carbocycles. The highest BCUT2D eigenvalue weighted by Gasteiger charge is 2.39. The summed E-state index contributed by atoms with van der Waals surface area (Å²) in [5.74, 6) is -2.35. The van der Waals surface area contributed by atoms with E-state index >= 15 is 0 Å². The molecule has 7 heteroatoms. The molecular formula is C12H16NO5P. The van der Waals surface area contributed by atoms with Crippen molar-refractivity contribution < 1.29 is 23.2 Å². The minimum atomic E-state index is -3.70. The van der Waals surface area contributed by atoms with Crippen molar-refractivity contribution in [2.75, 3.05) is 14.2 Å². The Morgan fingerprint density at radius 3 is 2.11 bits per heavy atom. The number of hydrogen-bond donors (Lipinski definition) is 1. The molecule has 0 saturated carbocycles. The van der Waals surface area contributed by atoms with Crippen LogP contribution in [0.2, 0.25) is 0 Å². The second kappa shape index (κ2) is 6.61. The lowest BCUT2D eigenvalue weighted by Gasteiger charge is -2.23. The minimum Gasteiger partial charge on any atom is -0.332 e. The summed E-state index contributed by atoms with van der Waals surface area (Å²) in [7, 11) is -1.38. The minimum absolute atomic E-state index is 0.354. The quantitative estimate of drug-likeness (QED) is 0.806. The molecule has 1 aromatic rings. The van der Waals surface area contributed by atoms with Crippen molar-refractivity contribution in [3.05, 3.63) is 35.9 Å². The highest BCUT2D eigenvalue weighted by Crippen LogP contribution is 2.50. The normalized spacial score (nSPS) is 12.8. The first-order valence-corrected chi connectivity index (χ1v) is 7.13. The molecule has 0 spiro atoms. The van der Waals surface area contributed by atoms with Crippen molar-refractivity contribution in [3.8, 4) is 0 Å². The summed E-state index contributed by atoms with van der Waals surface area (Å²) < 4.78 is 21.7. The molecule has 19 heavy (non-hydrogen) atoms. The van der Waals surface area contributed by atoms with E-state index in [0.29, 0.717) is 5.56 Å². The zero-order chi connectivity index (χ0) is 14.5. The number of nitrogens with one attached hydrogen (secondary N) is 1. The maximum atomic E-state index is 12.2. The van der Waals surface area contributed by atoms with E-state index in [1.807, 2.05) is 0 Å².